The van der Waals surface area contributed by atoms with E-state index in [1.54, 1.807) is 0 Å². The molecule has 44 heavy (non-hydrogen) atoms. The summed E-state index contributed by atoms with van der Waals surface area (Å²) in [4.78, 5) is 24.5. The molecule has 1 saturated carbocycles. The van der Waals surface area contributed by atoms with E-state index in [-0.39, 0.29) is 23.4 Å². The molecule has 5 heteroatoms. The second-order valence-electron chi connectivity index (χ2n) is 14.5. The third-order valence-electron chi connectivity index (χ3n) is 8.98. The summed E-state index contributed by atoms with van der Waals surface area (Å²) in [5, 5.41) is 0. The number of unbranched alkanes of at least 4 members (excludes halogenated alkanes) is 21. The number of hydrogen-bond donors (Lipinski definition) is 0. The van der Waals surface area contributed by atoms with Crippen LogP contribution in [0.4, 0.5) is 0 Å². The minimum absolute atomic E-state index is 0.0720. The first-order chi connectivity index (χ1) is 21.3. The standard InChI is InChI=1S/C34H62O2.C5H14NOP/c1-3-5-7-9-11-13-15-17-19-21-23-25-27-29-31-33(34(31)36)32(35)30-28-26-24-22-20-18-16-14-12-10-8-6-4-2;1-6(2,3)4-5-7-8/h17,19,31,33H,3-16,18,20-30H2,1-2H3;8H,4-5H2,1-3H3. The van der Waals surface area contributed by atoms with Crippen molar-refractivity contribution >= 4 is 21.0 Å². The van der Waals surface area contributed by atoms with Crippen molar-refractivity contribution < 1.29 is 18.6 Å². The number of nitrogens with zero attached hydrogens (tertiary/aromatic N) is 1. The van der Waals surface area contributed by atoms with E-state index in [1.807, 2.05) is 0 Å². The number of rotatable bonds is 31. The molecule has 0 aromatic rings. The number of hydrogen-bond acceptors (Lipinski definition) is 3. The van der Waals surface area contributed by atoms with Crippen LogP contribution in [-0.4, -0.2) is 50.3 Å². The van der Waals surface area contributed by atoms with E-state index in [4.69, 9.17) is 4.52 Å². The maximum Gasteiger partial charge on any atom is 0.148 e. The second kappa shape index (κ2) is 31.1. The van der Waals surface area contributed by atoms with Crippen molar-refractivity contribution in [2.45, 2.75) is 181 Å². The Morgan fingerprint density at radius 2 is 1.07 bits per heavy atom. The average Bonchev–Trinajstić information content (AvgIpc) is 3.65. The van der Waals surface area contributed by atoms with Crippen molar-refractivity contribution in [3.8, 4) is 0 Å². The highest BCUT2D eigenvalue weighted by Crippen LogP contribution is 2.39. The Morgan fingerprint density at radius 1 is 0.659 bits per heavy atom. The molecule has 0 saturated heterocycles. The van der Waals surface area contributed by atoms with Crippen LogP contribution in [0.1, 0.15) is 181 Å². The molecule has 0 N–H and O–H groups in total. The van der Waals surface area contributed by atoms with Gasteiger partial charge in [-0.25, -0.2) is 0 Å². The molecule has 1 aliphatic rings. The zero-order valence-corrected chi connectivity index (χ0v) is 31.3. The number of Topliss-reactive ketones (excluding diaryl/α,β-unsaturated/α-hetero) is 2. The summed E-state index contributed by atoms with van der Waals surface area (Å²) in [6, 6.07) is 0. The van der Waals surface area contributed by atoms with Gasteiger partial charge in [-0.1, -0.05) is 148 Å². The van der Waals surface area contributed by atoms with Gasteiger partial charge in [0, 0.05) is 12.3 Å². The van der Waals surface area contributed by atoms with Crippen LogP contribution < -0.4 is 0 Å². The van der Waals surface area contributed by atoms with E-state index in [9.17, 15) is 9.59 Å². The van der Waals surface area contributed by atoms with Crippen LogP contribution in [0.3, 0.4) is 0 Å². The molecule has 4 nitrogen and oxygen atoms in total. The summed E-state index contributed by atoms with van der Waals surface area (Å²) < 4.78 is 5.66. The third-order valence-corrected chi connectivity index (χ3v) is 9.18. The van der Waals surface area contributed by atoms with Crippen molar-refractivity contribution in [1.82, 2.24) is 0 Å². The van der Waals surface area contributed by atoms with Gasteiger partial charge in [0.15, 0.2) is 0 Å². The molecular weight excluding hydrogens is 561 g/mol. The van der Waals surface area contributed by atoms with Crippen molar-refractivity contribution in [3.63, 3.8) is 0 Å². The fourth-order valence-corrected chi connectivity index (χ4v) is 5.95. The number of carbonyl (C=O) groups is 2. The molecule has 0 radical (unpaired) electrons. The molecule has 0 aromatic carbocycles. The van der Waals surface area contributed by atoms with E-state index in [0.29, 0.717) is 6.42 Å². The van der Waals surface area contributed by atoms with Crippen LogP contribution in [0.2, 0.25) is 0 Å². The molecule has 1 aliphatic carbocycles. The van der Waals surface area contributed by atoms with E-state index in [1.165, 1.54) is 128 Å². The minimum Gasteiger partial charge on any atom is -0.557 e. The quantitative estimate of drug-likeness (QED) is 0.0250. The van der Waals surface area contributed by atoms with Crippen LogP contribution in [0.5, 0.6) is 0 Å². The Kier molecular flexibility index (Phi) is 30.6. The van der Waals surface area contributed by atoms with Gasteiger partial charge in [0.05, 0.1) is 40.2 Å². The average molecular weight is 638 g/mol. The maximum absolute atomic E-state index is 12.4. The molecule has 2 unspecified atom stereocenters. The van der Waals surface area contributed by atoms with Crippen LogP contribution in [0.25, 0.3) is 0 Å². The fraction of sp³-hybridized carbons (Fsp3) is 0.897. The van der Waals surface area contributed by atoms with Gasteiger partial charge < -0.3 is 18.5 Å². The molecule has 2 atom stereocenters. The maximum atomic E-state index is 12.4. The van der Waals surface area contributed by atoms with Crippen LogP contribution in [-0.2, 0) is 14.1 Å². The van der Waals surface area contributed by atoms with Gasteiger partial charge in [0.25, 0.3) is 0 Å². The lowest BCUT2D eigenvalue weighted by Crippen LogP contribution is -2.37. The Balaban J connectivity index is 0.00000202. The minimum atomic E-state index is -0.223. The first-order valence-electron chi connectivity index (χ1n) is 19.1. The third kappa shape index (κ3) is 28.9. The van der Waals surface area contributed by atoms with Gasteiger partial charge in [-0.05, 0) is 38.5 Å². The molecule has 0 heterocycles. The summed E-state index contributed by atoms with van der Waals surface area (Å²) in [5.41, 5.74) is 0. The lowest BCUT2D eigenvalue weighted by Gasteiger charge is -2.24. The van der Waals surface area contributed by atoms with Crippen LogP contribution >= 0.6 is 9.47 Å². The number of allylic oxidation sites excluding steroid dienone is 2. The predicted octanol–water partition coefficient (Wildman–Crippen LogP) is 11.9. The van der Waals surface area contributed by atoms with Crippen molar-refractivity contribution in [2.75, 3.05) is 34.3 Å². The topological polar surface area (TPSA) is 43.4 Å². The zero-order valence-electron chi connectivity index (χ0n) is 30.3. The smallest absolute Gasteiger partial charge is 0.148 e. The predicted molar refractivity (Wildman–Crippen MR) is 195 cm³/mol. The molecule has 0 amide bonds. The molecule has 1 fully saturated rings. The van der Waals surface area contributed by atoms with Crippen LogP contribution in [0, 0.1) is 11.8 Å². The highest BCUT2D eigenvalue weighted by atomic mass is 31.0. The Labute approximate surface area is 278 Å². The lowest BCUT2D eigenvalue weighted by molar-refractivity contribution is -0.870. The summed E-state index contributed by atoms with van der Waals surface area (Å²) in [7, 11) is 9.33. The molecule has 1 rings (SSSR count). The number of likely N-dealkylation sites (N-methyl/N-ethyl adjacent to an activating group) is 1. The molecule has 0 aromatic heterocycles. The summed E-state index contributed by atoms with van der Waals surface area (Å²) in [6.07, 6.45) is 37.6. The summed E-state index contributed by atoms with van der Waals surface area (Å²) in [5.74, 6) is 0.335. The van der Waals surface area contributed by atoms with E-state index >= 15 is 0 Å². The van der Waals surface area contributed by atoms with E-state index < -0.39 is 0 Å². The molecule has 260 valence electrons. The van der Waals surface area contributed by atoms with Gasteiger partial charge in [-0.2, -0.15) is 0 Å². The normalized spacial score (nSPS) is 16.4. The molecule has 0 bridgehead atoms. The van der Waals surface area contributed by atoms with Gasteiger partial charge in [-0.15, -0.1) is 0 Å². The van der Waals surface area contributed by atoms with Gasteiger partial charge in [0.1, 0.15) is 11.6 Å². The monoisotopic (exact) mass is 638 g/mol. The fourth-order valence-electron chi connectivity index (χ4n) is 5.86. The van der Waals surface area contributed by atoms with Gasteiger partial charge in [0.2, 0.25) is 0 Å². The summed E-state index contributed by atoms with van der Waals surface area (Å²) >= 11 is 0. The molecule has 0 aliphatic heterocycles. The number of carbonyl (C=O) groups excluding carboxylic acids is 2. The first-order valence-corrected chi connectivity index (χ1v) is 19.5. The van der Waals surface area contributed by atoms with Crippen LogP contribution in [0.15, 0.2) is 12.2 Å². The van der Waals surface area contributed by atoms with Crippen molar-refractivity contribution in [1.29, 1.82) is 0 Å². The van der Waals surface area contributed by atoms with Gasteiger partial charge >= 0.3 is 0 Å². The van der Waals surface area contributed by atoms with Crippen molar-refractivity contribution in [3.05, 3.63) is 12.2 Å². The first kappa shape index (κ1) is 43.4. The Bertz CT molecular complexity index is 687. The molecule has 0 spiro atoms. The summed E-state index contributed by atoms with van der Waals surface area (Å²) in [6.45, 7) is 6.34. The Morgan fingerprint density at radius 3 is 1.48 bits per heavy atom. The van der Waals surface area contributed by atoms with Gasteiger partial charge in [-0.3, -0.25) is 9.59 Å². The number of ketones is 2. The Hall–Kier alpha value is -0.570. The molecular formula is C39H76NO3P. The number of quaternary nitrogens is 1. The SMILES string of the molecule is CCCCCCCCC=CCCCCCC1C(=O)C1C(=O)CCCCCCCCCCCCCCC.C[N+](C)(C)CCO[PH-]. The lowest BCUT2D eigenvalue weighted by atomic mass is 10.0. The van der Waals surface area contributed by atoms with E-state index in [0.717, 1.165) is 49.7 Å². The van der Waals surface area contributed by atoms with E-state index in [2.05, 4.69) is 56.6 Å². The highest BCUT2D eigenvalue weighted by Gasteiger charge is 2.52. The zero-order chi connectivity index (χ0) is 32.7. The highest BCUT2D eigenvalue weighted by molar-refractivity contribution is 7.09. The largest absolute Gasteiger partial charge is 0.557 e. The second-order valence-corrected chi connectivity index (χ2v) is 14.8. The van der Waals surface area contributed by atoms with Crippen molar-refractivity contribution in [2.24, 2.45) is 11.8 Å².